The summed E-state index contributed by atoms with van der Waals surface area (Å²) >= 11 is 1.61. The van der Waals surface area contributed by atoms with Gasteiger partial charge in [-0.25, -0.2) is 4.39 Å². The second kappa shape index (κ2) is 6.09. The Morgan fingerprint density at radius 1 is 1.20 bits per heavy atom. The largest absolute Gasteiger partial charge is 0.315 e. The molecule has 0 radical (unpaired) electrons. The van der Waals surface area contributed by atoms with E-state index in [0.717, 1.165) is 45.6 Å². The predicted octanol–water partition coefficient (Wildman–Crippen LogP) is 3.75. The first-order valence-corrected chi connectivity index (χ1v) is 8.82. The molecule has 1 saturated heterocycles. The lowest BCUT2D eigenvalue weighted by Crippen LogP contribution is -2.13. The lowest BCUT2D eigenvalue weighted by atomic mass is 10.1. The molecule has 0 aliphatic carbocycles. The Kier molecular flexibility index (Phi) is 4.02. The molecular formula is C17H17ClFN5S. The molecule has 0 amide bonds. The smallest absolute Gasteiger partial charge is 0.151 e. The van der Waals surface area contributed by atoms with Gasteiger partial charge in [-0.1, -0.05) is 0 Å². The van der Waals surface area contributed by atoms with E-state index in [1.54, 1.807) is 29.1 Å². The van der Waals surface area contributed by atoms with Crippen molar-refractivity contribution >= 4 is 44.9 Å². The Balaban J connectivity index is 0.00000157. The van der Waals surface area contributed by atoms with Gasteiger partial charge in [-0.2, -0.15) is 10.2 Å². The van der Waals surface area contributed by atoms with E-state index in [4.69, 9.17) is 5.10 Å². The Hall–Kier alpha value is -1.96. The molecule has 1 N–H and O–H groups in total. The van der Waals surface area contributed by atoms with Crippen LogP contribution in [-0.4, -0.2) is 32.7 Å². The van der Waals surface area contributed by atoms with Crippen LogP contribution in [-0.2, 0) is 7.05 Å². The van der Waals surface area contributed by atoms with Gasteiger partial charge in [0.25, 0.3) is 0 Å². The van der Waals surface area contributed by atoms with Crippen molar-refractivity contribution in [1.82, 2.24) is 24.9 Å². The van der Waals surface area contributed by atoms with Gasteiger partial charge < -0.3 is 5.32 Å². The molecule has 1 fully saturated rings. The van der Waals surface area contributed by atoms with E-state index >= 15 is 0 Å². The van der Waals surface area contributed by atoms with Gasteiger partial charge in [-0.05, 0) is 36.7 Å². The molecule has 25 heavy (non-hydrogen) atoms. The number of thiophene rings is 1. The molecule has 4 heterocycles. The van der Waals surface area contributed by atoms with E-state index in [9.17, 15) is 4.39 Å². The summed E-state index contributed by atoms with van der Waals surface area (Å²) in [5, 5.41) is 14.2. The molecule has 4 aromatic rings. The first-order valence-electron chi connectivity index (χ1n) is 8.00. The van der Waals surface area contributed by atoms with Crippen molar-refractivity contribution in [2.24, 2.45) is 7.05 Å². The zero-order valence-electron chi connectivity index (χ0n) is 13.6. The zero-order valence-corrected chi connectivity index (χ0v) is 15.2. The molecule has 0 bridgehead atoms. The first-order chi connectivity index (χ1) is 11.7. The van der Waals surface area contributed by atoms with Gasteiger partial charge >= 0.3 is 0 Å². The minimum absolute atomic E-state index is 0. The van der Waals surface area contributed by atoms with Crippen LogP contribution in [0, 0.1) is 5.82 Å². The number of benzene rings is 1. The lowest BCUT2D eigenvalue weighted by Gasteiger charge is -2.07. The summed E-state index contributed by atoms with van der Waals surface area (Å²) in [5.74, 6) is -0.281. The maximum atomic E-state index is 14.3. The van der Waals surface area contributed by atoms with E-state index < -0.39 is 0 Å². The average Bonchev–Trinajstić information content (AvgIpc) is 3.28. The van der Waals surface area contributed by atoms with E-state index in [-0.39, 0.29) is 18.2 Å². The SMILES string of the molecule is Cl.Cn1cc2cc(-c3cc4cn([C@@H]5CCNC5)nc4s3)cc(F)c2n1. The van der Waals surface area contributed by atoms with E-state index in [1.165, 1.54) is 0 Å². The molecule has 0 spiro atoms. The van der Waals surface area contributed by atoms with E-state index in [0.29, 0.717) is 11.6 Å². The average molecular weight is 378 g/mol. The fourth-order valence-corrected chi connectivity index (χ4v) is 4.39. The standard InChI is InChI=1S/C17H16FN5S.ClH/c1-22-8-11-4-10(5-14(18)16(11)20-22)15-6-12-9-23(21-17(12)24-15)13-2-3-19-7-13;/h4-6,8-9,13,19H,2-3,7H2,1H3;1H/t13-;/m1./s1. The second-order valence-corrected chi connectivity index (χ2v) is 7.36. The van der Waals surface area contributed by atoms with Crippen molar-refractivity contribution in [2.45, 2.75) is 12.5 Å². The van der Waals surface area contributed by atoms with Gasteiger partial charge in [-0.15, -0.1) is 23.7 Å². The van der Waals surface area contributed by atoms with Crippen molar-refractivity contribution < 1.29 is 4.39 Å². The van der Waals surface area contributed by atoms with Crippen LogP contribution in [0.2, 0.25) is 0 Å². The topological polar surface area (TPSA) is 47.7 Å². The molecule has 0 saturated carbocycles. The normalized spacial score (nSPS) is 17.4. The molecule has 1 aromatic carbocycles. The van der Waals surface area contributed by atoms with Crippen molar-refractivity contribution in [3.8, 4) is 10.4 Å². The van der Waals surface area contributed by atoms with Gasteiger partial charge in [-0.3, -0.25) is 9.36 Å². The van der Waals surface area contributed by atoms with Gasteiger partial charge in [0.2, 0.25) is 0 Å². The molecule has 5 nitrogen and oxygen atoms in total. The Bertz CT molecular complexity index is 1030. The highest BCUT2D eigenvalue weighted by Gasteiger charge is 2.19. The first kappa shape index (κ1) is 16.5. The van der Waals surface area contributed by atoms with Crippen LogP contribution in [0.5, 0.6) is 0 Å². The van der Waals surface area contributed by atoms with Crippen LogP contribution in [0.15, 0.2) is 30.6 Å². The van der Waals surface area contributed by atoms with Crippen LogP contribution < -0.4 is 5.32 Å². The highest BCUT2D eigenvalue weighted by Crippen LogP contribution is 2.35. The van der Waals surface area contributed by atoms with Crippen molar-refractivity contribution in [1.29, 1.82) is 0 Å². The Morgan fingerprint density at radius 3 is 2.84 bits per heavy atom. The number of halogens is 2. The number of fused-ring (bicyclic) bond motifs is 2. The quantitative estimate of drug-likeness (QED) is 0.578. The molecular weight excluding hydrogens is 361 g/mol. The van der Waals surface area contributed by atoms with Crippen molar-refractivity contribution in [2.75, 3.05) is 13.1 Å². The molecule has 130 valence electrons. The maximum Gasteiger partial charge on any atom is 0.151 e. The number of aromatic nitrogens is 4. The minimum Gasteiger partial charge on any atom is -0.315 e. The molecule has 5 rings (SSSR count). The van der Waals surface area contributed by atoms with Gasteiger partial charge in [0.1, 0.15) is 10.3 Å². The number of nitrogens with one attached hydrogen (secondary N) is 1. The number of hydrogen-bond donors (Lipinski definition) is 1. The predicted molar refractivity (Wildman–Crippen MR) is 101 cm³/mol. The summed E-state index contributed by atoms with van der Waals surface area (Å²) in [4.78, 5) is 2.04. The Labute approximate surface area is 153 Å². The zero-order chi connectivity index (χ0) is 16.3. The minimum atomic E-state index is -0.281. The molecule has 0 unspecified atom stereocenters. The third-order valence-electron chi connectivity index (χ3n) is 4.59. The summed E-state index contributed by atoms with van der Waals surface area (Å²) in [6.45, 7) is 2.03. The third-order valence-corrected chi connectivity index (χ3v) is 5.67. The van der Waals surface area contributed by atoms with Crippen LogP contribution in [0.3, 0.4) is 0 Å². The maximum absolute atomic E-state index is 14.3. The summed E-state index contributed by atoms with van der Waals surface area (Å²) in [7, 11) is 1.80. The molecule has 3 aromatic heterocycles. The van der Waals surface area contributed by atoms with Gasteiger partial charge in [0.15, 0.2) is 5.82 Å². The van der Waals surface area contributed by atoms with Crippen LogP contribution in [0.1, 0.15) is 12.5 Å². The molecule has 1 atom stereocenters. The summed E-state index contributed by atoms with van der Waals surface area (Å²) in [6, 6.07) is 6.10. The van der Waals surface area contributed by atoms with E-state index in [1.807, 2.05) is 12.3 Å². The number of hydrogen-bond acceptors (Lipinski definition) is 4. The molecule has 1 aliphatic rings. The number of aryl methyl sites for hydroxylation is 1. The summed E-state index contributed by atoms with van der Waals surface area (Å²) < 4.78 is 18.0. The number of rotatable bonds is 2. The monoisotopic (exact) mass is 377 g/mol. The lowest BCUT2D eigenvalue weighted by molar-refractivity contribution is 0.495. The van der Waals surface area contributed by atoms with Crippen LogP contribution in [0.25, 0.3) is 31.6 Å². The molecule has 8 heteroatoms. The van der Waals surface area contributed by atoms with Crippen LogP contribution >= 0.6 is 23.7 Å². The molecule has 1 aliphatic heterocycles. The van der Waals surface area contributed by atoms with Crippen LogP contribution in [0.4, 0.5) is 4.39 Å². The number of nitrogens with zero attached hydrogens (tertiary/aromatic N) is 4. The van der Waals surface area contributed by atoms with Crippen molar-refractivity contribution in [3.05, 3.63) is 36.4 Å². The second-order valence-electron chi connectivity index (χ2n) is 6.33. The van der Waals surface area contributed by atoms with Crippen molar-refractivity contribution in [3.63, 3.8) is 0 Å². The highest BCUT2D eigenvalue weighted by atomic mass is 35.5. The summed E-state index contributed by atoms with van der Waals surface area (Å²) in [5.41, 5.74) is 1.30. The highest BCUT2D eigenvalue weighted by molar-refractivity contribution is 7.21. The third kappa shape index (κ3) is 2.72. The Morgan fingerprint density at radius 2 is 2.08 bits per heavy atom. The van der Waals surface area contributed by atoms with E-state index in [2.05, 4.69) is 27.4 Å². The van der Waals surface area contributed by atoms with Gasteiger partial charge in [0, 0.05) is 41.6 Å². The fraction of sp³-hybridized carbons (Fsp3) is 0.294. The van der Waals surface area contributed by atoms with Gasteiger partial charge in [0.05, 0.1) is 6.04 Å². The summed E-state index contributed by atoms with van der Waals surface area (Å²) in [6.07, 6.45) is 5.06. The fourth-order valence-electron chi connectivity index (χ4n) is 3.39.